The van der Waals surface area contributed by atoms with E-state index in [1.54, 1.807) is 0 Å². The molecule has 1 aromatic heterocycles. The predicted molar refractivity (Wildman–Crippen MR) is 109 cm³/mol. The number of benzene rings is 1. The van der Waals surface area contributed by atoms with E-state index < -0.39 is 0 Å². The Bertz CT molecular complexity index is 861. The van der Waals surface area contributed by atoms with Crippen LogP contribution in [0.3, 0.4) is 0 Å². The van der Waals surface area contributed by atoms with Crippen molar-refractivity contribution >= 4 is 29.1 Å². The number of hydrogen-bond donors (Lipinski definition) is 1. The van der Waals surface area contributed by atoms with Crippen LogP contribution in [0.15, 0.2) is 40.4 Å². The molecule has 0 aliphatic heterocycles. The number of carbonyl (C=O) groups excluding carboxylic acids is 2. The van der Waals surface area contributed by atoms with Gasteiger partial charge >= 0.3 is 0 Å². The molecule has 1 heterocycles. The molecule has 2 aromatic rings. The zero-order valence-electron chi connectivity index (χ0n) is 16.3. The molecule has 1 aromatic carbocycles. The van der Waals surface area contributed by atoms with Gasteiger partial charge in [0.05, 0.1) is 0 Å². The molecule has 5 nitrogen and oxygen atoms in total. The minimum atomic E-state index is -0.0503. The van der Waals surface area contributed by atoms with Gasteiger partial charge in [0.15, 0.2) is 5.16 Å². The second-order valence-corrected chi connectivity index (χ2v) is 8.99. The molecular weight excluding hydrogens is 370 g/mol. The monoisotopic (exact) mass is 395 g/mol. The van der Waals surface area contributed by atoms with Gasteiger partial charge in [-0.25, -0.2) is 9.97 Å². The molecule has 146 valence electrons. The normalized spacial score (nSPS) is 24.1. The van der Waals surface area contributed by atoms with E-state index in [0.29, 0.717) is 18.6 Å². The van der Waals surface area contributed by atoms with Gasteiger partial charge in [-0.3, -0.25) is 9.59 Å². The molecule has 1 unspecified atom stereocenters. The number of aromatic nitrogens is 2. The van der Waals surface area contributed by atoms with E-state index in [0.717, 1.165) is 46.4 Å². The average molecular weight is 396 g/mol. The van der Waals surface area contributed by atoms with Crippen molar-refractivity contribution in [3.8, 4) is 0 Å². The maximum absolute atomic E-state index is 12.7. The molecule has 3 atom stereocenters. The van der Waals surface area contributed by atoms with Crippen molar-refractivity contribution in [1.29, 1.82) is 0 Å². The van der Waals surface area contributed by atoms with Crippen LogP contribution in [0.5, 0.6) is 0 Å². The van der Waals surface area contributed by atoms with Crippen LogP contribution in [0.4, 0.5) is 5.69 Å². The molecule has 1 amide bonds. The summed E-state index contributed by atoms with van der Waals surface area (Å²) in [5.74, 6) is 0.582. The zero-order valence-corrected chi connectivity index (χ0v) is 17.1. The predicted octanol–water partition coefficient (Wildman–Crippen LogP) is 4.58. The number of aryl methyl sites for hydroxylation is 2. The van der Waals surface area contributed by atoms with E-state index in [-0.39, 0.29) is 23.7 Å². The van der Waals surface area contributed by atoms with Gasteiger partial charge in [-0.15, -0.1) is 0 Å². The maximum atomic E-state index is 12.7. The standard InChI is InChI=1S/C22H25N3O2S/c1-13-10-14(2)24-22(23-13)28-19-8-6-18(7-9-19)25-21(27)17-11-15-4-3-5-16(12-17)20(15)26/h6-10,15-17H,3-5,11-12H2,1-2H3,(H,25,27)/t15-,16+,17?. The zero-order chi connectivity index (χ0) is 19.7. The molecule has 0 saturated heterocycles. The van der Waals surface area contributed by atoms with Gasteiger partial charge in [-0.2, -0.15) is 0 Å². The van der Waals surface area contributed by atoms with Crippen molar-refractivity contribution < 1.29 is 9.59 Å². The summed E-state index contributed by atoms with van der Waals surface area (Å²) >= 11 is 1.51. The highest BCUT2D eigenvalue weighted by molar-refractivity contribution is 7.99. The summed E-state index contributed by atoms with van der Waals surface area (Å²) in [4.78, 5) is 34.9. The largest absolute Gasteiger partial charge is 0.326 e. The lowest BCUT2D eigenvalue weighted by molar-refractivity contribution is -0.136. The lowest BCUT2D eigenvalue weighted by atomic mass is 9.67. The molecule has 2 aliphatic rings. The molecule has 6 heteroatoms. The summed E-state index contributed by atoms with van der Waals surface area (Å²) in [6.45, 7) is 3.93. The van der Waals surface area contributed by atoms with Crippen LogP contribution in [0.2, 0.25) is 0 Å². The maximum Gasteiger partial charge on any atom is 0.227 e. The van der Waals surface area contributed by atoms with E-state index in [2.05, 4.69) is 15.3 Å². The molecule has 4 rings (SSSR count). The highest BCUT2D eigenvalue weighted by atomic mass is 32.2. The molecule has 2 aliphatic carbocycles. The molecular formula is C22H25N3O2S. The number of Topliss-reactive ketones (excluding diaryl/α,β-unsaturated/α-hetero) is 1. The fourth-order valence-corrected chi connectivity index (χ4v) is 5.25. The molecule has 2 bridgehead atoms. The number of nitrogens with zero attached hydrogens (tertiary/aromatic N) is 2. The number of nitrogens with one attached hydrogen (secondary N) is 1. The van der Waals surface area contributed by atoms with Crippen LogP contribution in [0.1, 0.15) is 43.5 Å². The Morgan fingerprint density at radius 2 is 1.64 bits per heavy atom. The summed E-state index contributed by atoms with van der Waals surface area (Å²) < 4.78 is 0. The number of ketones is 1. The van der Waals surface area contributed by atoms with E-state index in [1.807, 2.05) is 44.2 Å². The van der Waals surface area contributed by atoms with Crippen LogP contribution in [0, 0.1) is 31.6 Å². The Morgan fingerprint density at radius 1 is 1.04 bits per heavy atom. The van der Waals surface area contributed by atoms with Crippen molar-refractivity contribution in [1.82, 2.24) is 9.97 Å². The topological polar surface area (TPSA) is 72.0 Å². The molecule has 1 N–H and O–H groups in total. The third kappa shape index (κ3) is 4.27. The number of carbonyl (C=O) groups is 2. The molecule has 0 spiro atoms. The summed E-state index contributed by atoms with van der Waals surface area (Å²) in [6.07, 6.45) is 4.44. The molecule has 2 saturated carbocycles. The van der Waals surface area contributed by atoms with E-state index in [4.69, 9.17) is 0 Å². The lowest BCUT2D eigenvalue weighted by Gasteiger charge is -2.36. The number of fused-ring (bicyclic) bond motifs is 2. The van der Waals surface area contributed by atoms with Crippen molar-refractivity contribution in [2.75, 3.05) is 5.32 Å². The van der Waals surface area contributed by atoms with E-state index >= 15 is 0 Å². The number of anilines is 1. The second kappa shape index (κ2) is 8.03. The van der Waals surface area contributed by atoms with Crippen LogP contribution in [-0.2, 0) is 9.59 Å². The summed E-state index contributed by atoms with van der Waals surface area (Å²) in [5, 5.41) is 3.76. The van der Waals surface area contributed by atoms with Crippen LogP contribution < -0.4 is 5.32 Å². The first-order chi connectivity index (χ1) is 13.5. The first-order valence-electron chi connectivity index (χ1n) is 9.93. The first-order valence-corrected chi connectivity index (χ1v) is 10.7. The van der Waals surface area contributed by atoms with Gasteiger partial charge in [-0.05, 0) is 81.6 Å². The van der Waals surface area contributed by atoms with Crippen LogP contribution in [-0.4, -0.2) is 21.7 Å². The Kier molecular flexibility index (Phi) is 5.49. The van der Waals surface area contributed by atoms with Gasteiger partial charge in [0, 0.05) is 39.7 Å². The highest BCUT2D eigenvalue weighted by Crippen LogP contribution is 2.40. The lowest BCUT2D eigenvalue weighted by Crippen LogP contribution is -2.40. The van der Waals surface area contributed by atoms with Gasteiger partial charge < -0.3 is 5.32 Å². The van der Waals surface area contributed by atoms with Crippen LogP contribution >= 0.6 is 11.8 Å². The van der Waals surface area contributed by atoms with Crippen molar-refractivity contribution in [3.63, 3.8) is 0 Å². The van der Waals surface area contributed by atoms with E-state index in [1.165, 1.54) is 11.8 Å². The number of hydrogen-bond acceptors (Lipinski definition) is 5. The van der Waals surface area contributed by atoms with Gasteiger partial charge in [0.25, 0.3) is 0 Å². The third-order valence-corrected chi connectivity index (χ3v) is 6.58. The van der Waals surface area contributed by atoms with Crippen LogP contribution in [0.25, 0.3) is 0 Å². The minimum Gasteiger partial charge on any atom is -0.326 e. The Balaban J connectivity index is 1.38. The van der Waals surface area contributed by atoms with Gasteiger partial charge in [0.2, 0.25) is 5.91 Å². The second-order valence-electron chi connectivity index (χ2n) is 7.94. The van der Waals surface area contributed by atoms with Crippen molar-refractivity contribution in [2.45, 2.75) is 56.0 Å². The average Bonchev–Trinajstić information content (AvgIpc) is 2.62. The molecule has 0 radical (unpaired) electrons. The summed E-state index contributed by atoms with van der Waals surface area (Å²) in [7, 11) is 0. The quantitative estimate of drug-likeness (QED) is 0.767. The smallest absolute Gasteiger partial charge is 0.227 e. The third-order valence-electron chi connectivity index (χ3n) is 5.71. The fourth-order valence-electron chi connectivity index (χ4n) is 4.39. The van der Waals surface area contributed by atoms with Gasteiger partial charge in [0.1, 0.15) is 5.78 Å². The first kappa shape index (κ1) is 19.1. The molecule has 2 fully saturated rings. The number of rotatable bonds is 4. The minimum absolute atomic E-state index is 0.0439. The Labute approximate surface area is 169 Å². The Hall–Kier alpha value is -2.21. The highest BCUT2D eigenvalue weighted by Gasteiger charge is 2.41. The summed E-state index contributed by atoms with van der Waals surface area (Å²) in [6, 6.07) is 9.73. The SMILES string of the molecule is Cc1cc(C)nc(Sc2ccc(NC(=O)C3C[C@H]4CCC[C@@H](C3)C4=O)cc2)n1. The van der Waals surface area contributed by atoms with Crippen molar-refractivity contribution in [2.24, 2.45) is 17.8 Å². The van der Waals surface area contributed by atoms with Crippen molar-refractivity contribution in [3.05, 3.63) is 41.7 Å². The van der Waals surface area contributed by atoms with E-state index in [9.17, 15) is 9.59 Å². The Morgan fingerprint density at radius 3 is 2.25 bits per heavy atom. The summed E-state index contributed by atoms with van der Waals surface area (Å²) in [5.41, 5.74) is 2.70. The fraction of sp³-hybridized carbons (Fsp3) is 0.455. The van der Waals surface area contributed by atoms with Gasteiger partial charge in [-0.1, -0.05) is 6.42 Å². The molecule has 28 heavy (non-hydrogen) atoms. The number of amides is 1.